The molecule has 0 saturated heterocycles. The second-order valence-corrected chi connectivity index (χ2v) is 4.48. The molecule has 94 valence electrons. The third-order valence-electron chi connectivity index (χ3n) is 2.42. The molecular weight excluding hydrogens is 218 g/mol. The maximum absolute atomic E-state index is 11.8. The van der Waals surface area contributed by atoms with Crippen LogP contribution in [0.15, 0.2) is 23.1 Å². The highest BCUT2D eigenvalue weighted by Crippen LogP contribution is 2.04. The van der Waals surface area contributed by atoms with Gasteiger partial charge in [-0.2, -0.15) is 0 Å². The molecule has 1 aromatic rings. The molecule has 0 aliphatic heterocycles. The van der Waals surface area contributed by atoms with E-state index >= 15 is 0 Å². The first-order valence-electron chi connectivity index (χ1n) is 5.72. The topological polar surface area (TPSA) is 88.0 Å². The van der Waals surface area contributed by atoms with E-state index in [9.17, 15) is 9.59 Å². The molecule has 0 fully saturated rings. The molecule has 1 amide bonds. The number of hydrogen-bond acceptors (Lipinski definition) is 3. The van der Waals surface area contributed by atoms with Crippen molar-refractivity contribution in [1.82, 2.24) is 10.3 Å². The van der Waals surface area contributed by atoms with Gasteiger partial charge < -0.3 is 16.0 Å². The summed E-state index contributed by atoms with van der Waals surface area (Å²) < 4.78 is 0. The van der Waals surface area contributed by atoms with Crippen LogP contribution in [0.3, 0.4) is 0 Å². The van der Waals surface area contributed by atoms with Crippen LogP contribution >= 0.6 is 0 Å². The summed E-state index contributed by atoms with van der Waals surface area (Å²) in [7, 11) is 0. The lowest BCUT2D eigenvalue weighted by Crippen LogP contribution is -2.41. The highest BCUT2D eigenvalue weighted by Gasteiger charge is 2.13. The molecule has 0 bridgehead atoms. The summed E-state index contributed by atoms with van der Waals surface area (Å²) >= 11 is 0. The van der Waals surface area contributed by atoms with E-state index in [4.69, 9.17) is 5.73 Å². The Hall–Kier alpha value is -1.62. The van der Waals surface area contributed by atoms with Gasteiger partial charge in [0.25, 0.3) is 5.91 Å². The van der Waals surface area contributed by atoms with Gasteiger partial charge in [-0.25, -0.2) is 0 Å². The molecule has 0 aliphatic carbocycles. The summed E-state index contributed by atoms with van der Waals surface area (Å²) in [6.07, 6.45) is 2.24. The molecule has 0 spiro atoms. The van der Waals surface area contributed by atoms with E-state index in [0.29, 0.717) is 18.0 Å². The van der Waals surface area contributed by atoms with Gasteiger partial charge >= 0.3 is 0 Å². The third kappa shape index (κ3) is 4.40. The Labute approximate surface area is 100 Å². The quantitative estimate of drug-likeness (QED) is 0.696. The smallest absolute Gasteiger partial charge is 0.253 e. The number of pyridine rings is 1. The van der Waals surface area contributed by atoms with Crippen LogP contribution < -0.4 is 16.6 Å². The molecule has 0 radical (unpaired) electrons. The van der Waals surface area contributed by atoms with Crippen molar-refractivity contribution in [3.63, 3.8) is 0 Å². The van der Waals surface area contributed by atoms with Crippen LogP contribution in [0.1, 0.15) is 30.6 Å². The van der Waals surface area contributed by atoms with Crippen molar-refractivity contribution < 1.29 is 4.79 Å². The van der Waals surface area contributed by atoms with Gasteiger partial charge in [-0.15, -0.1) is 0 Å². The number of aromatic nitrogens is 1. The van der Waals surface area contributed by atoms with Crippen LogP contribution in [-0.2, 0) is 0 Å². The SMILES string of the molecule is CC(C)CC(CN)NC(=O)c1ccc(=O)[nH]c1. The van der Waals surface area contributed by atoms with Crippen molar-refractivity contribution in [3.8, 4) is 0 Å². The van der Waals surface area contributed by atoms with Gasteiger partial charge in [-0.05, 0) is 18.4 Å². The zero-order valence-corrected chi connectivity index (χ0v) is 10.2. The fourth-order valence-corrected chi connectivity index (χ4v) is 1.60. The van der Waals surface area contributed by atoms with Gasteiger partial charge in [0.2, 0.25) is 5.56 Å². The van der Waals surface area contributed by atoms with Crippen molar-refractivity contribution in [3.05, 3.63) is 34.2 Å². The predicted octanol–water partition coefficient (Wildman–Crippen LogP) is 0.478. The van der Waals surface area contributed by atoms with Crippen LogP contribution in [-0.4, -0.2) is 23.5 Å². The number of rotatable bonds is 5. The maximum Gasteiger partial charge on any atom is 0.253 e. The Morgan fingerprint density at radius 3 is 2.65 bits per heavy atom. The number of carbonyl (C=O) groups excluding carboxylic acids is 1. The number of nitrogens with two attached hydrogens (primary N) is 1. The first-order valence-corrected chi connectivity index (χ1v) is 5.72. The number of aromatic amines is 1. The van der Waals surface area contributed by atoms with Crippen molar-refractivity contribution in [2.24, 2.45) is 11.7 Å². The normalized spacial score (nSPS) is 12.5. The Balaban J connectivity index is 2.64. The lowest BCUT2D eigenvalue weighted by Gasteiger charge is -2.18. The summed E-state index contributed by atoms with van der Waals surface area (Å²) in [4.78, 5) is 25.1. The van der Waals surface area contributed by atoms with Gasteiger partial charge in [0.05, 0.1) is 5.56 Å². The maximum atomic E-state index is 11.8. The van der Waals surface area contributed by atoms with Gasteiger partial charge in [0.1, 0.15) is 0 Å². The first-order chi connectivity index (χ1) is 8.02. The van der Waals surface area contributed by atoms with Crippen LogP contribution in [0.2, 0.25) is 0 Å². The van der Waals surface area contributed by atoms with E-state index in [1.807, 2.05) is 0 Å². The molecule has 5 heteroatoms. The number of amides is 1. The Morgan fingerprint density at radius 2 is 2.18 bits per heavy atom. The highest BCUT2D eigenvalue weighted by molar-refractivity contribution is 5.94. The van der Waals surface area contributed by atoms with Crippen LogP contribution in [0, 0.1) is 5.92 Å². The molecule has 0 aliphatic rings. The highest BCUT2D eigenvalue weighted by atomic mass is 16.2. The lowest BCUT2D eigenvalue weighted by molar-refractivity contribution is 0.0933. The molecule has 1 rings (SSSR count). The van der Waals surface area contributed by atoms with Crippen LogP contribution in [0.5, 0.6) is 0 Å². The molecule has 1 atom stereocenters. The van der Waals surface area contributed by atoms with Crippen LogP contribution in [0.25, 0.3) is 0 Å². The van der Waals surface area contributed by atoms with E-state index in [0.717, 1.165) is 6.42 Å². The van der Waals surface area contributed by atoms with Crippen LogP contribution in [0.4, 0.5) is 0 Å². The molecule has 17 heavy (non-hydrogen) atoms. The van der Waals surface area contributed by atoms with Crippen molar-refractivity contribution >= 4 is 5.91 Å². The number of hydrogen-bond donors (Lipinski definition) is 3. The van der Waals surface area contributed by atoms with Gasteiger partial charge in [0.15, 0.2) is 0 Å². The minimum atomic E-state index is -0.223. The van der Waals surface area contributed by atoms with E-state index in [1.165, 1.54) is 18.3 Å². The second-order valence-electron chi connectivity index (χ2n) is 4.48. The minimum absolute atomic E-state index is 0.0329. The molecule has 4 N–H and O–H groups in total. The lowest BCUT2D eigenvalue weighted by atomic mass is 10.0. The zero-order chi connectivity index (χ0) is 12.8. The predicted molar refractivity (Wildman–Crippen MR) is 66.8 cm³/mol. The molecule has 5 nitrogen and oxygen atoms in total. The minimum Gasteiger partial charge on any atom is -0.348 e. The van der Waals surface area contributed by atoms with E-state index in [1.54, 1.807) is 0 Å². The standard InChI is InChI=1S/C12H19N3O2/c1-8(2)5-10(6-13)15-12(17)9-3-4-11(16)14-7-9/h3-4,7-8,10H,5-6,13H2,1-2H3,(H,14,16)(H,15,17). The molecule has 0 saturated carbocycles. The number of carbonyl (C=O) groups is 1. The largest absolute Gasteiger partial charge is 0.348 e. The summed E-state index contributed by atoms with van der Waals surface area (Å²) in [6, 6.07) is 2.79. The molecule has 1 unspecified atom stereocenters. The summed E-state index contributed by atoms with van der Waals surface area (Å²) in [6.45, 7) is 4.57. The van der Waals surface area contributed by atoms with E-state index < -0.39 is 0 Å². The summed E-state index contributed by atoms with van der Waals surface area (Å²) in [5.74, 6) is 0.261. The molecule has 0 aromatic carbocycles. The van der Waals surface area contributed by atoms with Gasteiger partial charge in [-0.3, -0.25) is 9.59 Å². The fourth-order valence-electron chi connectivity index (χ4n) is 1.60. The van der Waals surface area contributed by atoms with Crippen molar-refractivity contribution in [2.45, 2.75) is 26.3 Å². The Kier molecular flexibility index (Phi) is 4.90. The average Bonchev–Trinajstić information content (AvgIpc) is 2.28. The molecule has 1 heterocycles. The number of H-pyrrole nitrogens is 1. The number of nitrogens with one attached hydrogen (secondary N) is 2. The van der Waals surface area contributed by atoms with Gasteiger partial charge in [-0.1, -0.05) is 13.8 Å². The Morgan fingerprint density at radius 1 is 1.47 bits per heavy atom. The third-order valence-corrected chi connectivity index (χ3v) is 2.42. The van der Waals surface area contributed by atoms with E-state index in [2.05, 4.69) is 24.1 Å². The van der Waals surface area contributed by atoms with Gasteiger partial charge in [0, 0.05) is 24.8 Å². The second kappa shape index (κ2) is 6.20. The summed E-state index contributed by atoms with van der Waals surface area (Å²) in [5, 5.41) is 2.85. The van der Waals surface area contributed by atoms with E-state index in [-0.39, 0.29) is 17.5 Å². The summed E-state index contributed by atoms with van der Waals surface area (Å²) in [5.41, 5.74) is 5.81. The zero-order valence-electron chi connectivity index (χ0n) is 10.2. The molecule has 1 aromatic heterocycles. The average molecular weight is 237 g/mol. The van der Waals surface area contributed by atoms with Crippen molar-refractivity contribution in [1.29, 1.82) is 0 Å². The molecular formula is C12H19N3O2. The monoisotopic (exact) mass is 237 g/mol. The van der Waals surface area contributed by atoms with Crippen molar-refractivity contribution in [2.75, 3.05) is 6.54 Å². The Bertz CT molecular complexity index is 406. The first kappa shape index (κ1) is 13.4. The fraction of sp³-hybridized carbons (Fsp3) is 0.500.